The summed E-state index contributed by atoms with van der Waals surface area (Å²) in [6.45, 7) is 11.4. The molecule has 2 aromatic carbocycles. The van der Waals surface area contributed by atoms with Crippen LogP contribution in [0.2, 0.25) is 0 Å². The van der Waals surface area contributed by atoms with Gasteiger partial charge in [0, 0.05) is 25.9 Å². The molecule has 0 N–H and O–H groups in total. The first-order valence-corrected chi connectivity index (χ1v) is 10.6. The van der Waals surface area contributed by atoms with Gasteiger partial charge in [-0.3, -0.25) is 0 Å². The molecule has 0 atom stereocenters. The smallest absolute Gasteiger partial charge is 0.0424 e. The fraction of sp³-hybridized carbons (Fsp3) is 0.304. The van der Waals surface area contributed by atoms with Crippen LogP contribution in [0.25, 0.3) is 31.3 Å². The Labute approximate surface area is 158 Å². The molecule has 0 saturated heterocycles. The number of rotatable bonds is 2. The first kappa shape index (κ1) is 16.8. The lowest BCUT2D eigenvalue weighted by Crippen LogP contribution is -2.10. The van der Waals surface area contributed by atoms with E-state index in [1.165, 1.54) is 42.4 Å². The normalized spacial score (nSPS) is 12.6. The van der Waals surface area contributed by atoms with Crippen LogP contribution in [0, 0.1) is 0 Å². The summed E-state index contributed by atoms with van der Waals surface area (Å²) in [5.41, 5.74) is 5.80. The second kappa shape index (κ2) is 5.96. The molecule has 0 spiro atoms. The van der Waals surface area contributed by atoms with Crippen LogP contribution in [0.15, 0.2) is 47.2 Å². The largest absolute Gasteiger partial charge is 0.143 e. The third-order valence-corrected chi connectivity index (χ3v) is 6.91. The molecule has 2 aromatic heterocycles. The standard InChI is InChI=1S/C23H24S2/c1-14(2)16-7-8-17(22-18(16)10-11-24-22)20-13-25-21-9-6-15(12-19(20)21)23(3,4)5/h6-14H,1-5H3. The van der Waals surface area contributed by atoms with E-state index in [1.54, 1.807) is 0 Å². The van der Waals surface area contributed by atoms with Crippen LogP contribution in [0.3, 0.4) is 0 Å². The molecule has 0 nitrogen and oxygen atoms in total. The summed E-state index contributed by atoms with van der Waals surface area (Å²) in [5, 5.41) is 7.38. The molecule has 128 valence electrons. The lowest BCUT2D eigenvalue weighted by atomic mass is 9.86. The van der Waals surface area contributed by atoms with E-state index in [4.69, 9.17) is 0 Å². The lowest BCUT2D eigenvalue weighted by Gasteiger charge is -2.19. The fourth-order valence-electron chi connectivity index (χ4n) is 3.50. The molecule has 4 aromatic rings. The number of benzene rings is 2. The van der Waals surface area contributed by atoms with E-state index < -0.39 is 0 Å². The predicted molar refractivity (Wildman–Crippen MR) is 115 cm³/mol. The molecule has 25 heavy (non-hydrogen) atoms. The summed E-state index contributed by atoms with van der Waals surface area (Å²) in [5.74, 6) is 0.554. The van der Waals surface area contributed by atoms with Crippen molar-refractivity contribution < 1.29 is 0 Å². The zero-order chi connectivity index (χ0) is 17.8. The maximum absolute atomic E-state index is 2.40. The quantitative estimate of drug-likeness (QED) is 0.336. The fourth-order valence-corrected chi connectivity index (χ4v) is 5.40. The Morgan fingerprint density at radius 2 is 1.64 bits per heavy atom. The van der Waals surface area contributed by atoms with Crippen molar-refractivity contribution in [1.29, 1.82) is 0 Å². The molecule has 0 radical (unpaired) electrons. The van der Waals surface area contributed by atoms with Gasteiger partial charge in [-0.1, -0.05) is 52.8 Å². The molecule has 4 rings (SSSR count). The van der Waals surface area contributed by atoms with Crippen LogP contribution in [-0.4, -0.2) is 0 Å². The van der Waals surface area contributed by atoms with Crippen molar-refractivity contribution in [3.63, 3.8) is 0 Å². The summed E-state index contributed by atoms with van der Waals surface area (Å²) >= 11 is 3.72. The second-order valence-corrected chi connectivity index (χ2v) is 9.96. The highest BCUT2D eigenvalue weighted by Crippen LogP contribution is 2.42. The monoisotopic (exact) mass is 364 g/mol. The highest BCUT2D eigenvalue weighted by atomic mass is 32.1. The van der Waals surface area contributed by atoms with Gasteiger partial charge in [-0.05, 0) is 56.8 Å². The highest BCUT2D eigenvalue weighted by Gasteiger charge is 2.18. The first-order chi connectivity index (χ1) is 11.9. The third kappa shape index (κ3) is 2.82. The minimum Gasteiger partial charge on any atom is -0.143 e. The van der Waals surface area contributed by atoms with Crippen LogP contribution in [0.5, 0.6) is 0 Å². The van der Waals surface area contributed by atoms with E-state index in [-0.39, 0.29) is 5.41 Å². The molecule has 0 bridgehead atoms. The molecule has 0 unspecified atom stereocenters. The zero-order valence-corrected chi connectivity index (χ0v) is 17.1. The Morgan fingerprint density at radius 3 is 2.36 bits per heavy atom. The summed E-state index contributed by atoms with van der Waals surface area (Å²) < 4.78 is 2.80. The van der Waals surface area contributed by atoms with Gasteiger partial charge in [0.15, 0.2) is 0 Å². The lowest BCUT2D eigenvalue weighted by molar-refractivity contribution is 0.591. The molecular formula is C23H24S2. The Bertz CT molecular complexity index is 1050. The van der Waals surface area contributed by atoms with Gasteiger partial charge in [0.05, 0.1) is 0 Å². The van der Waals surface area contributed by atoms with Crippen LogP contribution >= 0.6 is 22.7 Å². The van der Waals surface area contributed by atoms with E-state index >= 15 is 0 Å². The van der Waals surface area contributed by atoms with Gasteiger partial charge in [-0.15, -0.1) is 22.7 Å². The number of fused-ring (bicyclic) bond motifs is 2. The average molecular weight is 365 g/mol. The van der Waals surface area contributed by atoms with Crippen molar-refractivity contribution >= 4 is 42.8 Å². The summed E-state index contributed by atoms with van der Waals surface area (Å²) in [7, 11) is 0. The van der Waals surface area contributed by atoms with E-state index in [0.29, 0.717) is 5.92 Å². The van der Waals surface area contributed by atoms with Gasteiger partial charge in [0.1, 0.15) is 0 Å². The van der Waals surface area contributed by atoms with Gasteiger partial charge in [-0.25, -0.2) is 0 Å². The highest BCUT2D eigenvalue weighted by molar-refractivity contribution is 7.19. The molecule has 2 heterocycles. The second-order valence-electron chi connectivity index (χ2n) is 8.13. The molecule has 0 amide bonds. The van der Waals surface area contributed by atoms with Crippen molar-refractivity contribution in [3.05, 3.63) is 58.3 Å². The summed E-state index contributed by atoms with van der Waals surface area (Å²) in [4.78, 5) is 0. The minimum atomic E-state index is 0.174. The Hall–Kier alpha value is -1.64. The van der Waals surface area contributed by atoms with E-state index in [2.05, 4.69) is 81.8 Å². The molecule has 0 aliphatic carbocycles. The topological polar surface area (TPSA) is 0 Å². The maximum atomic E-state index is 2.40. The van der Waals surface area contributed by atoms with Crippen LogP contribution < -0.4 is 0 Å². The molecule has 0 aliphatic heterocycles. The third-order valence-electron chi connectivity index (χ3n) is 5.00. The van der Waals surface area contributed by atoms with Crippen molar-refractivity contribution in [1.82, 2.24) is 0 Å². The molecule has 0 fully saturated rings. The Kier molecular flexibility index (Phi) is 4.01. The van der Waals surface area contributed by atoms with Crippen LogP contribution in [-0.2, 0) is 5.41 Å². The van der Waals surface area contributed by atoms with Crippen molar-refractivity contribution in [2.45, 2.75) is 46.0 Å². The van der Waals surface area contributed by atoms with Crippen molar-refractivity contribution in [2.24, 2.45) is 0 Å². The van der Waals surface area contributed by atoms with Crippen LogP contribution in [0.4, 0.5) is 0 Å². The zero-order valence-electron chi connectivity index (χ0n) is 15.5. The first-order valence-electron chi connectivity index (χ1n) is 8.88. The van der Waals surface area contributed by atoms with E-state index in [1.807, 2.05) is 22.7 Å². The molecule has 0 saturated carbocycles. The maximum Gasteiger partial charge on any atom is 0.0424 e. The van der Waals surface area contributed by atoms with Gasteiger partial charge in [0.25, 0.3) is 0 Å². The number of hydrogen-bond acceptors (Lipinski definition) is 2. The number of thiophene rings is 2. The Balaban J connectivity index is 1.98. The van der Waals surface area contributed by atoms with Crippen molar-refractivity contribution in [3.8, 4) is 11.1 Å². The SMILES string of the molecule is CC(C)c1ccc(-c2csc3ccc(C(C)(C)C)cc23)c2sccc12. The molecule has 0 aliphatic rings. The van der Waals surface area contributed by atoms with Crippen molar-refractivity contribution in [2.75, 3.05) is 0 Å². The van der Waals surface area contributed by atoms with Gasteiger partial charge < -0.3 is 0 Å². The summed E-state index contributed by atoms with van der Waals surface area (Å²) in [6, 6.07) is 13.9. The predicted octanol–water partition coefficient (Wildman–Crippen LogP) is 8.20. The minimum absolute atomic E-state index is 0.174. The molecule has 2 heteroatoms. The van der Waals surface area contributed by atoms with Gasteiger partial charge in [0.2, 0.25) is 0 Å². The Morgan fingerprint density at radius 1 is 0.840 bits per heavy atom. The molecular weight excluding hydrogens is 340 g/mol. The van der Waals surface area contributed by atoms with E-state index in [0.717, 1.165) is 0 Å². The van der Waals surface area contributed by atoms with E-state index in [9.17, 15) is 0 Å². The number of hydrogen-bond donors (Lipinski definition) is 0. The van der Waals surface area contributed by atoms with Gasteiger partial charge in [-0.2, -0.15) is 0 Å². The average Bonchev–Trinajstić information content (AvgIpc) is 3.19. The summed E-state index contributed by atoms with van der Waals surface area (Å²) in [6.07, 6.45) is 0. The van der Waals surface area contributed by atoms with Gasteiger partial charge >= 0.3 is 0 Å². The van der Waals surface area contributed by atoms with Crippen LogP contribution in [0.1, 0.15) is 51.7 Å².